The Bertz CT molecular complexity index is 1100. The summed E-state index contributed by atoms with van der Waals surface area (Å²) in [4.78, 5) is 21.7. The smallest absolute Gasteiger partial charge is 0.193 e. The van der Waals surface area contributed by atoms with E-state index in [1.54, 1.807) is 25.3 Å². The van der Waals surface area contributed by atoms with Crippen LogP contribution in [0, 0.1) is 13.8 Å². The van der Waals surface area contributed by atoms with E-state index in [1.807, 2.05) is 31.2 Å². The molecule has 0 fully saturated rings. The van der Waals surface area contributed by atoms with Gasteiger partial charge in [-0.05, 0) is 43.7 Å². The Morgan fingerprint density at radius 3 is 2.58 bits per heavy atom. The van der Waals surface area contributed by atoms with Crippen molar-refractivity contribution in [2.24, 2.45) is 0 Å². The second-order valence-electron chi connectivity index (χ2n) is 5.68. The van der Waals surface area contributed by atoms with Crippen molar-refractivity contribution in [3.63, 3.8) is 0 Å². The number of fused-ring (bicyclic) bond motifs is 2. The molecule has 2 aromatic rings. The van der Waals surface area contributed by atoms with Crippen LogP contribution in [0.2, 0.25) is 5.15 Å². The Hall–Kier alpha value is -2.72. The van der Waals surface area contributed by atoms with Gasteiger partial charge in [0, 0.05) is 17.3 Å². The molecular formula is C19H13ClN2O2. The number of benzene rings is 2. The molecule has 0 bridgehead atoms. The van der Waals surface area contributed by atoms with Crippen LogP contribution in [0.25, 0.3) is 33.7 Å². The van der Waals surface area contributed by atoms with E-state index in [1.165, 1.54) is 0 Å². The van der Waals surface area contributed by atoms with Gasteiger partial charge in [0.05, 0.1) is 5.56 Å². The minimum absolute atomic E-state index is 0.0787. The third-order valence-corrected chi connectivity index (χ3v) is 4.48. The van der Waals surface area contributed by atoms with Crippen molar-refractivity contribution in [2.45, 2.75) is 13.8 Å². The van der Waals surface area contributed by atoms with Crippen LogP contribution in [-0.4, -0.2) is 9.97 Å². The van der Waals surface area contributed by atoms with Crippen LogP contribution in [0.4, 0.5) is 0 Å². The average Bonchev–Trinajstić information content (AvgIpc) is 2.60. The lowest BCUT2D eigenvalue weighted by atomic mass is 9.94. The van der Waals surface area contributed by atoms with Crippen molar-refractivity contribution in [2.75, 3.05) is 0 Å². The lowest BCUT2D eigenvalue weighted by molar-refractivity contribution is 0.613. The number of hydrogen-bond donors (Lipinski definition) is 0. The average molecular weight is 337 g/mol. The molecule has 24 heavy (non-hydrogen) atoms. The summed E-state index contributed by atoms with van der Waals surface area (Å²) in [7, 11) is 0. The normalized spacial score (nSPS) is 11.3. The van der Waals surface area contributed by atoms with Crippen molar-refractivity contribution in [1.82, 2.24) is 9.97 Å². The third kappa shape index (κ3) is 2.19. The highest BCUT2D eigenvalue weighted by molar-refractivity contribution is 6.29. The van der Waals surface area contributed by atoms with E-state index in [-0.39, 0.29) is 5.43 Å². The maximum Gasteiger partial charge on any atom is 0.193 e. The third-order valence-electron chi connectivity index (χ3n) is 4.25. The molecular weight excluding hydrogens is 324 g/mol. The lowest BCUT2D eigenvalue weighted by Gasteiger charge is -2.15. The van der Waals surface area contributed by atoms with Crippen LogP contribution in [0.15, 0.2) is 51.8 Å². The maximum absolute atomic E-state index is 12.9. The van der Waals surface area contributed by atoms with Gasteiger partial charge in [-0.25, -0.2) is 9.97 Å². The first kappa shape index (κ1) is 14.8. The van der Waals surface area contributed by atoms with Gasteiger partial charge in [0.15, 0.2) is 16.8 Å². The Labute approximate surface area is 143 Å². The van der Waals surface area contributed by atoms with Crippen LogP contribution in [0.1, 0.15) is 11.1 Å². The lowest BCUT2D eigenvalue weighted by Crippen LogP contribution is -2.14. The number of para-hydroxylation sites is 2. The molecule has 1 aliphatic heterocycles. The van der Waals surface area contributed by atoms with Gasteiger partial charge in [0.1, 0.15) is 16.4 Å². The van der Waals surface area contributed by atoms with Gasteiger partial charge in [0.25, 0.3) is 0 Å². The highest BCUT2D eigenvalue weighted by Crippen LogP contribution is 2.35. The molecule has 0 amide bonds. The summed E-state index contributed by atoms with van der Waals surface area (Å²) in [5, 5.41) is 0.375. The van der Waals surface area contributed by atoms with Gasteiger partial charge in [-0.3, -0.25) is 4.79 Å². The molecule has 0 N–H and O–H groups in total. The second kappa shape index (κ2) is 5.42. The number of rotatable bonds is 1. The van der Waals surface area contributed by atoms with E-state index in [9.17, 15) is 4.79 Å². The molecule has 0 radical (unpaired) electrons. The minimum atomic E-state index is -0.0787. The first-order valence-corrected chi connectivity index (χ1v) is 7.89. The maximum atomic E-state index is 12.9. The van der Waals surface area contributed by atoms with Gasteiger partial charge < -0.3 is 4.42 Å². The summed E-state index contributed by atoms with van der Waals surface area (Å²) in [5.41, 5.74) is 4.62. The molecule has 4 nitrogen and oxygen atoms in total. The molecule has 0 saturated heterocycles. The van der Waals surface area contributed by atoms with E-state index in [0.717, 1.165) is 11.1 Å². The van der Waals surface area contributed by atoms with Crippen molar-refractivity contribution >= 4 is 22.7 Å². The summed E-state index contributed by atoms with van der Waals surface area (Å²) in [6.07, 6.45) is 1.58. The van der Waals surface area contributed by atoms with Gasteiger partial charge in [-0.15, -0.1) is 0 Å². The SMILES string of the molecule is Cc1c2nc3ccccc3oc-2c(-c2ccc(Cl)nc2)c(=O)c1C. The van der Waals surface area contributed by atoms with Crippen molar-refractivity contribution in [3.8, 4) is 22.6 Å². The Kier molecular flexibility index (Phi) is 3.36. The Morgan fingerprint density at radius 1 is 1.04 bits per heavy atom. The summed E-state index contributed by atoms with van der Waals surface area (Å²) >= 11 is 5.87. The van der Waals surface area contributed by atoms with Crippen LogP contribution in [-0.2, 0) is 0 Å². The minimum Gasteiger partial charge on any atom is -0.452 e. The molecule has 1 aromatic carbocycles. The van der Waals surface area contributed by atoms with E-state index in [0.29, 0.717) is 38.9 Å². The van der Waals surface area contributed by atoms with Crippen molar-refractivity contribution < 1.29 is 4.42 Å². The fraction of sp³-hybridized carbons (Fsp3) is 0.105. The molecule has 1 aromatic heterocycles. The highest BCUT2D eigenvalue weighted by atomic mass is 35.5. The van der Waals surface area contributed by atoms with Crippen LogP contribution < -0.4 is 5.43 Å². The fourth-order valence-electron chi connectivity index (χ4n) is 2.81. The van der Waals surface area contributed by atoms with Gasteiger partial charge in [-0.2, -0.15) is 0 Å². The number of nitrogens with zero attached hydrogens (tertiary/aromatic N) is 2. The molecule has 0 unspecified atom stereocenters. The van der Waals surface area contributed by atoms with Gasteiger partial charge >= 0.3 is 0 Å². The van der Waals surface area contributed by atoms with Crippen LogP contribution in [0.3, 0.4) is 0 Å². The zero-order chi connectivity index (χ0) is 16.8. The zero-order valence-electron chi connectivity index (χ0n) is 13.1. The molecule has 1 aliphatic carbocycles. The first-order chi connectivity index (χ1) is 11.6. The van der Waals surface area contributed by atoms with Gasteiger partial charge in [0.2, 0.25) is 0 Å². The second-order valence-corrected chi connectivity index (χ2v) is 6.07. The van der Waals surface area contributed by atoms with E-state index in [4.69, 9.17) is 21.0 Å². The summed E-state index contributed by atoms with van der Waals surface area (Å²) in [6.45, 7) is 3.70. The monoisotopic (exact) mass is 336 g/mol. The summed E-state index contributed by atoms with van der Waals surface area (Å²) in [5.74, 6) is 0.478. The molecule has 2 heterocycles. The molecule has 2 aliphatic rings. The summed E-state index contributed by atoms with van der Waals surface area (Å²) < 4.78 is 6.06. The highest BCUT2D eigenvalue weighted by Gasteiger charge is 2.23. The summed E-state index contributed by atoms with van der Waals surface area (Å²) in [6, 6.07) is 10.9. The van der Waals surface area contributed by atoms with Crippen LogP contribution >= 0.6 is 11.6 Å². The number of pyridine rings is 1. The predicted octanol–water partition coefficient (Wildman–Crippen LogP) is 4.63. The Balaban J connectivity index is 2.18. The number of aromatic nitrogens is 2. The zero-order valence-corrected chi connectivity index (χ0v) is 13.9. The molecule has 5 heteroatoms. The topological polar surface area (TPSA) is 56.0 Å². The molecule has 0 atom stereocenters. The molecule has 0 saturated carbocycles. The van der Waals surface area contributed by atoms with E-state index < -0.39 is 0 Å². The standard InChI is InChI=1S/C19H13ClN2O2/c1-10-11(2)18(23)16(12-7-8-15(20)21-9-12)19-17(10)22-13-5-3-4-6-14(13)24-19/h3-9H,1-2H3. The Morgan fingerprint density at radius 2 is 1.83 bits per heavy atom. The first-order valence-electron chi connectivity index (χ1n) is 7.51. The van der Waals surface area contributed by atoms with Crippen LogP contribution in [0.5, 0.6) is 0 Å². The molecule has 118 valence electrons. The van der Waals surface area contributed by atoms with E-state index in [2.05, 4.69) is 4.98 Å². The van der Waals surface area contributed by atoms with E-state index >= 15 is 0 Å². The number of hydrogen-bond acceptors (Lipinski definition) is 4. The van der Waals surface area contributed by atoms with Gasteiger partial charge in [-0.1, -0.05) is 23.7 Å². The van der Waals surface area contributed by atoms with Crippen molar-refractivity contribution in [3.05, 3.63) is 69.1 Å². The van der Waals surface area contributed by atoms with Crippen molar-refractivity contribution in [1.29, 1.82) is 0 Å². The number of halogens is 1. The largest absolute Gasteiger partial charge is 0.452 e. The molecule has 4 rings (SSSR count). The quantitative estimate of drug-likeness (QED) is 0.376. The predicted molar refractivity (Wildman–Crippen MR) is 94.6 cm³/mol. The fourth-order valence-corrected chi connectivity index (χ4v) is 2.93. The molecule has 0 spiro atoms.